The number of pyridine rings is 1. The molecule has 1 fully saturated rings. The van der Waals surface area contributed by atoms with E-state index in [-0.39, 0.29) is 29.5 Å². The highest BCUT2D eigenvalue weighted by atomic mass is 19.1. The Labute approximate surface area is 142 Å². The number of nitrogen functional groups attached to an aromatic ring is 1. The van der Waals surface area contributed by atoms with Gasteiger partial charge in [0, 0.05) is 11.8 Å². The minimum Gasteiger partial charge on any atom is -0.382 e. The van der Waals surface area contributed by atoms with Crippen LogP contribution < -0.4 is 5.73 Å². The number of carbonyl (C=O) groups excluding carboxylic acids is 1. The number of anilines is 1. The molecule has 0 aliphatic heterocycles. The normalized spacial score (nSPS) is 19.1. The second-order valence-electron chi connectivity index (χ2n) is 6.12. The lowest BCUT2D eigenvalue weighted by molar-refractivity contribution is 0.0952. The number of fused-ring (bicyclic) bond motifs is 1. The highest BCUT2D eigenvalue weighted by molar-refractivity contribution is 6.03. The number of hydrogen-bond acceptors (Lipinski definition) is 3. The Morgan fingerprint density at radius 2 is 2.12 bits per heavy atom. The molecule has 3 aromatic rings. The monoisotopic (exact) mass is 339 g/mol. The summed E-state index contributed by atoms with van der Waals surface area (Å²) >= 11 is 0. The molecule has 126 valence electrons. The molecule has 2 aromatic heterocycles. The van der Waals surface area contributed by atoms with E-state index in [0.717, 1.165) is 0 Å². The number of hydrogen-bond donors (Lipinski definition) is 1. The van der Waals surface area contributed by atoms with Crippen LogP contribution in [-0.4, -0.2) is 21.3 Å². The van der Waals surface area contributed by atoms with Gasteiger partial charge < -0.3 is 5.73 Å². The Morgan fingerprint density at radius 1 is 1.36 bits per heavy atom. The van der Waals surface area contributed by atoms with Gasteiger partial charge in [-0.3, -0.25) is 9.20 Å². The molecule has 6 heteroatoms. The quantitative estimate of drug-likeness (QED) is 0.733. The van der Waals surface area contributed by atoms with Crippen LogP contribution in [0, 0.1) is 11.7 Å². The molecule has 0 bridgehead atoms. The second kappa shape index (κ2) is 5.51. The average molecular weight is 339 g/mol. The number of nitrogens with two attached hydrogens (primary N) is 1. The van der Waals surface area contributed by atoms with Crippen molar-refractivity contribution in [2.75, 3.05) is 5.73 Å². The van der Waals surface area contributed by atoms with Gasteiger partial charge in [-0.2, -0.15) is 0 Å². The van der Waals surface area contributed by atoms with Gasteiger partial charge in [-0.25, -0.2) is 13.8 Å². The van der Waals surface area contributed by atoms with Crippen molar-refractivity contribution in [2.45, 2.75) is 12.6 Å². The van der Waals surface area contributed by atoms with E-state index in [0.29, 0.717) is 22.3 Å². The molecule has 1 aromatic carbocycles. The lowest BCUT2D eigenvalue weighted by Gasteiger charge is -2.09. The number of nitrogens with zero attached hydrogens (tertiary/aromatic N) is 2. The number of benzene rings is 1. The van der Waals surface area contributed by atoms with Gasteiger partial charge in [-0.15, -0.1) is 0 Å². The van der Waals surface area contributed by atoms with E-state index in [1.165, 1.54) is 12.1 Å². The number of halogens is 2. The van der Waals surface area contributed by atoms with Crippen molar-refractivity contribution in [3.05, 3.63) is 60.2 Å². The molecule has 4 rings (SSSR count). The molecular weight excluding hydrogens is 324 g/mol. The van der Waals surface area contributed by atoms with Crippen molar-refractivity contribution in [1.29, 1.82) is 0 Å². The molecule has 1 aliphatic rings. The first-order chi connectivity index (χ1) is 12.0. The number of aromatic nitrogens is 2. The molecule has 4 nitrogen and oxygen atoms in total. The van der Waals surface area contributed by atoms with E-state index >= 15 is 0 Å². The van der Waals surface area contributed by atoms with E-state index in [4.69, 9.17) is 5.73 Å². The predicted octanol–water partition coefficient (Wildman–Crippen LogP) is 3.91. The molecule has 1 saturated carbocycles. The van der Waals surface area contributed by atoms with Crippen LogP contribution in [0.1, 0.15) is 22.5 Å². The zero-order chi connectivity index (χ0) is 17.7. The van der Waals surface area contributed by atoms with Gasteiger partial charge in [0.05, 0.1) is 5.92 Å². The van der Waals surface area contributed by atoms with E-state index < -0.39 is 12.1 Å². The first kappa shape index (κ1) is 15.5. The van der Waals surface area contributed by atoms with Crippen LogP contribution in [-0.2, 0) is 0 Å². The van der Waals surface area contributed by atoms with Gasteiger partial charge >= 0.3 is 0 Å². The van der Waals surface area contributed by atoms with E-state index in [2.05, 4.69) is 11.6 Å². The molecule has 0 radical (unpaired) electrons. The summed E-state index contributed by atoms with van der Waals surface area (Å²) in [6.45, 7) is 3.66. The van der Waals surface area contributed by atoms with E-state index in [1.54, 1.807) is 34.9 Å². The third-order valence-corrected chi connectivity index (χ3v) is 4.50. The van der Waals surface area contributed by atoms with Crippen LogP contribution >= 0.6 is 0 Å². The van der Waals surface area contributed by atoms with Crippen molar-refractivity contribution in [2.24, 2.45) is 5.92 Å². The Morgan fingerprint density at radius 3 is 2.80 bits per heavy atom. The lowest BCUT2D eigenvalue weighted by Crippen LogP contribution is -2.10. The molecule has 2 heterocycles. The maximum Gasteiger partial charge on any atom is 0.189 e. The summed E-state index contributed by atoms with van der Waals surface area (Å²) < 4.78 is 28.9. The van der Waals surface area contributed by atoms with Gasteiger partial charge in [-0.05, 0) is 35.7 Å². The maximum absolute atomic E-state index is 14.0. The molecule has 0 amide bonds. The van der Waals surface area contributed by atoms with Crippen molar-refractivity contribution in [3.63, 3.8) is 0 Å². The predicted molar refractivity (Wildman–Crippen MR) is 92.4 cm³/mol. The first-order valence-electron chi connectivity index (χ1n) is 7.88. The van der Waals surface area contributed by atoms with Crippen LogP contribution in [0.4, 0.5) is 14.6 Å². The number of ketones is 1. The molecule has 2 atom stereocenters. The molecular formula is C19H15F2N3O. The fourth-order valence-corrected chi connectivity index (χ4v) is 3.07. The Bertz CT molecular complexity index is 1020. The largest absolute Gasteiger partial charge is 0.382 e. The summed E-state index contributed by atoms with van der Waals surface area (Å²) in [5.41, 5.74) is 8.23. The van der Waals surface area contributed by atoms with Crippen LogP contribution in [0.15, 0.2) is 43.1 Å². The summed E-state index contributed by atoms with van der Waals surface area (Å²) in [6, 6.07) is 8.19. The molecule has 0 saturated heterocycles. The van der Waals surface area contributed by atoms with E-state index in [9.17, 15) is 13.6 Å². The SMILES string of the molecule is C=Cc1c(F)cccc1-c1ccc2nc(N)c(C(=O)[C@@H]3C[C@@H]3F)n2c1. The van der Waals surface area contributed by atoms with Crippen molar-refractivity contribution < 1.29 is 13.6 Å². The summed E-state index contributed by atoms with van der Waals surface area (Å²) in [5, 5.41) is 0. The van der Waals surface area contributed by atoms with Crippen molar-refractivity contribution >= 4 is 23.3 Å². The smallest absolute Gasteiger partial charge is 0.189 e. The minimum absolute atomic E-state index is 0.0736. The zero-order valence-corrected chi connectivity index (χ0v) is 13.2. The molecule has 0 unspecified atom stereocenters. The molecule has 2 N–H and O–H groups in total. The first-order valence-corrected chi connectivity index (χ1v) is 7.88. The van der Waals surface area contributed by atoms with Gasteiger partial charge in [0.1, 0.15) is 23.3 Å². The number of imidazole rings is 1. The Hall–Kier alpha value is -3.02. The summed E-state index contributed by atoms with van der Waals surface area (Å²) in [5.74, 6) is -1.31. The minimum atomic E-state index is -1.11. The van der Waals surface area contributed by atoms with Gasteiger partial charge in [0.25, 0.3) is 0 Å². The van der Waals surface area contributed by atoms with Gasteiger partial charge in [0.15, 0.2) is 11.6 Å². The van der Waals surface area contributed by atoms with E-state index in [1.807, 2.05) is 0 Å². The molecule has 1 aliphatic carbocycles. The van der Waals surface area contributed by atoms with Crippen LogP contribution in [0.3, 0.4) is 0 Å². The van der Waals surface area contributed by atoms with Gasteiger partial charge in [-0.1, -0.05) is 24.8 Å². The third kappa shape index (κ3) is 2.41. The molecule has 0 spiro atoms. The number of alkyl halides is 1. The summed E-state index contributed by atoms with van der Waals surface area (Å²) in [7, 11) is 0. The van der Waals surface area contributed by atoms with Crippen LogP contribution in [0.25, 0.3) is 22.9 Å². The number of Topliss-reactive ketones (excluding diaryl/α,β-unsaturated/α-hetero) is 1. The third-order valence-electron chi connectivity index (χ3n) is 4.50. The average Bonchev–Trinajstić information content (AvgIpc) is 3.23. The Balaban J connectivity index is 1.90. The molecule has 25 heavy (non-hydrogen) atoms. The summed E-state index contributed by atoms with van der Waals surface area (Å²) in [6.07, 6.45) is 2.22. The van der Waals surface area contributed by atoms with Crippen molar-refractivity contribution in [1.82, 2.24) is 9.38 Å². The lowest BCUT2D eigenvalue weighted by atomic mass is 10.0. The standard InChI is InChI=1S/C19H15F2N3O/c1-2-11-12(4-3-5-14(11)20)10-6-7-16-23-19(22)17(24(16)9-10)18(25)13-8-15(13)21/h2-7,9,13,15H,1,8,22H2/t13-,15+/m1/s1. The topological polar surface area (TPSA) is 60.4 Å². The van der Waals surface area contributed by atoms with Crippen LogP contribution in [0.2, 0.25) is 0 Å². The second-order valence-corrected chi connectivity index (χ2v) is 6.12. The fourth-order valence-electron chi connectivity index (χ4n) is 3.07. The maximum atomic E-state index is 14.0. The number of rotatable bonds is 4. The highest BCUT2D eigenvalue weighted by Crippen LogP contribution is 2.38. The van der Waals surface area contributed by atoms with Crippen molar-refractivity contribution in [3.8, 4) is 11.1 Å². The fraction of sp³-hybridized carbons (Fsp3) is 0.158. The zero-order valence-electron chi connectivity index (χ0n) is 13.2. The van der Waals surface area contributed by atoms with Crippen LogP contribution in [0.5, 0.6) is 0 Å². The summed E-state index contributed by atoms with van der Waals surface area (Å²) in [4.78, 5) is 16.6. The Kier molecular flexibility index (Phi) is 3.42. The number of carbonyl (C=O) groups is 1. The highest BCUT2D eigenvalue weighted by Gasteiger charge is 2.45. The van der Waals surface area contributed by atoms with Gasteiger partial charge in [0.2, 0.25) is 0 Å².